The van der Waals surface area contributed by atoms with E-state index in [1.165, 1.54) is 19.4 Å². The average Bonchev–Trinajstić information content (AvgIpc) is 2.51. The molecule has 0 N–H and O–H groups in total. The van der Waals surface area contributed by atoms with Gasteiger partial charge in [-0.15, -0.1) is 11.3 Å². The van der Waals surface area contributed by atoms with Crippen molar-refractivity contribution in [2.75, 3.05) is 7.11 Å². The van der Waals surface area contributed by atoms with E-state index in [-0.39, 0.29) is 10.8 Å². The predicted molar refractivity (Wildman–Crippen MR) is 43.5 cm³/mol. The molecule has 1 heterocycles. The zero-order valence-electron chi connectivity index (χ0n) is 6.66. The SMILES string of the molecule is COC(=O)c1nc(C(C)=O)cs1. The Morgan fingerprint density at radius 1 is 1.58 bits per heavy atom. The van der Waals surface area contributed by atoms with Crippen molar-refractivity contribution in [3.63, 3.8) is 0 Å². The smallest absolute Gasteiger partial charge is 0.367 e. The van der Waals surface area contributed by atoms with Gasteiger partial charge in [-0.25, -0.2) is 9.78 Å². The summed E-state index contributed by atoms with van der Waals surface area (Å²) in [5.74, 6) is -0.658. The average molecular weight is 185 g/mol. The molecule has 12 heavy (non-hydrogen) atoms. The Labute approximate surface area is 73.2 Å². The Bertz CT molecular complexity index is 318. The Morgan fingerprint density at radius 3 is 2.67 bits per heavy atom. The summed E-state index contributed by atoms with van der Waals surface area (Å²) in [4.78, 5) is 25.4. The zero-order valence-corrected chi connectivity index (χ0v) is 7.47. The number of carbonyl (C=O) groups excluding carboxylic acids is 2. The third-order valence-corrected chi connectivity index (χ3v) is 2.05. The van der Waals surface area contributed by atoms with Crippen molar-refractivity contribution in [2.24, 2.45) is 0 Å². The molecule has 0 bridgehead atoms. The molecule has 1 aromatic heterocycles. The van der Waals surface area contributed by atoms with Crippen LogP contribution < -0.4 is 0 Å². The normalized spacial score (nSPS) is 9.50. The standard InChI is InChI=1S/C7H7NO3S/c1-4(9)5-3-12-6(8-5)7(10)11-2/h3H,1-2H3. The lowest BCUT2D eigenvalue weighted by Crippen LogP contribution is -2.01. The van der Waals surface area contributed by atoms with Crippen molar-refractivity contribution < 1.29 is 14.3 Å². The molecular formula is C7H7NO3S. The molecule has 5 heteroatoms. The summed E-state index contributed by atoms with van der Waals surface area (Å²) in [5, 5.41) is 1.75. The Hall–Kier alpha value is -1.23. The summed E-state index contributed by atoms with van der Waals surface area (Å²) < 4.78 is 4.43. The number of esters is 1. The van der Waals surface area contributed by atoms with E-state index in [0.717, 1.165) is 11.3 Å². The number of ketones is 1. The fourth-order valence-electron chi connectivity index (χ4n) is 0.617. The number of hydrogen-bond acceptors (Lipinski definition) is 5. The molecule has 0 radical (unpaired) electrons. The van der Waals surface area contributed by atoms with Gasteiger partial charge in [0.1, 0.15) is 5.69 Å². The number of nitrogens with zero attached hydrogens (tertiary/aromatic N) is 1. The highest BCUT2D eigenvalue weighted by Crippen LogP contribution is 2.10. The number of hydrogen-bond donors (Lipinski definition) is 0. The van der Waals surface area contributed by atoms with Crippen molar-refractivity contribution in [3.8, 4) is 0 Å². The van der Waals surface area contributed by atoms with Crippen LogP contribution in [-0.2, 0) is 4.74 Å². The molecule has 0 aliphatic rings. The molecule has 0 amide bonds. The third-order valence-electron chi connectivity index (χ3n) is 1.22. The summed E-state index contributed by atoms with van der Waals surface area (Å²) >= 11 is 1.10. The second kappa shape index (κ2) is 3.44. The number of methoxy groups -OCH3 is 1. The quantitative estimate of drug-likeness (QED) is 0.512. The van der Waals surface area contributed by atoms with Crippen LogP contribution >= 0.6 is 11.3 Å². The first-order chi connectivity index (χ1) is 5.65. The van der Waals surface area contributed by atoms with Crippen molar-refractivity contribution in [1.29, 1.82) is 0 Å². The number of carbonyl (C=O) groups is 2. The number of aromatic nitrogens is 1. The molecule has 1 rings (SSSR count). The fourth-order valence-corrected chi connectivity index (χ4v) is 1.39. The van der Waals surface area contributed by atoms with Gasteiger partial charge in [0, 0.05) is 12.3 Å². The number of thiazole rings is 1. The minimum absolute atomic E-state index is 0.151. The first-order valence-electron chi connectivity index (χ1n) is 3.20. The van der Waals surface area contributed by atoms with Crippen molar-refractivity contribution >= 4 is 23.1 Å². The van der Waals surface area contributed by atoms with Crippen molar-refractivity contribution in [2.45, 2.75) is 6.92 Å². The summed E-state index contributed by atoms with van der Waals surface area (Å²) in [7, 11) is 1.27. The topological polar surface area (TPSA) is 56.3 Å². The van der Waals surface area contributed by atoms with Gasteiger partial charge >= 0.3 is 5.97 Å². The molecular weight excluding hydrogens is 178 g/mol. The van der Waals surface area contributed by atoms with E-state index in [4.69, 9.17) is 0 Å². The first kappa shape index (κ1) is 8.86. The lowest BCUT2D eigenvalue weighted by molar-refractivity contribution is 0.0600. The predicted octanol–water partition coefficient (Wildman–Crippen LogP) is 1.13. The van der Waals surface area contributed by atoms with E-state index >= 15 is 0 Å². The van der Waals surface area contributed by atoms with E-state index in [9.17, 15) is 9.59 Å². The molecule has 0 saturated carbocycles. The van der Waals surface area contributed by atoms with Crippen molar-refractivity contribution in [3.05, 3.63) is 16.1 Å². The van der Waals surface area contributed by atoms with Gasteiger partial charge in [-0.3, -0.25) is 4.79 Å². The van der Waals surface area contributed by atoms with Gasteiger partial charge in [0.05, 0.1) is 7.11 Å². The maximum atomic E-state index is 10.9. The van der Waals surface area contributed by atoms with Crippen LogP contribution in [0.25, 0.3) is 0 Å². The second-order valence-electron chi connectivity index (χ2n) is 2.09. The molecule has 0 atom stereocenters. The van der Waals surface area contributed by atoms with Gasteiger partial charge in [0.15, 0.2) is 5.78 Å². The lowest BCUT2D eigenvalue weighted by atomic mass is 10.4. The number of rotatable bonds is 2. The van der Waals surface area contributed by atoms with E-state index < -0.39 is 5.97 Å². The monoisotopic (exact) mass is 185 g/mol. The van der Waals surface area contributed by atoms with Crippen molar-refractivity contribution in [1.82, 2.24) is 4.98 Å². The molecule has 0 aliphatic heterocycles. The van der Waals surface area contributed by atoms with E-state index in [1.807, 2.05) is 0 Å². The van der Waals surface area contributed by atoms with Gasteiger partial charge < -0.3 is 4.74 Å². The summed E-state index contributed by atoms with van der Waals surface area (Å²) in [6, 6.07) is 0. The number of ether oxygens (including phenoxy) is 1. The van der Waals surface area contributed by atoms with Gasteiger partial charge in [-0.05, 0) is 0 Å². The Balaban J connectivity index is 2.91. The Morgan fingerprint density at radius 2 is 2.25 bits per heavy atom. The molecule has 0 spiro atoms. The summed E-state index contributed by atoms with van der Waals surface area (Å²) in [6.07, 6.45) is 0. The van der Waals surface area contributed by atoms with Crippen LogP contribution in [0.1, 0.15) is 27.2 Å². The van der Waals surface area contributed by atoms with E-state index in [0.29, 0.717) is 5.69 Å². The molecule has 0 aromatic carbocycles. The van der Waals surface area contributed by atoms with Crippen LogP contribution in [0.15, 0.2) is 5.38 Å². The number of Topliss-reactive ketones (excluding diaryl/α,β-unsaturated/α-hetero) is 1. The fraction of sp³-hybridized carbons (Fsp3) is 0.286. The first-order valence-corrected chi connectivity index (χ1v) is 4.08. The third kappa shape index (κ3) is 1.68. The van der Waals surface area contributed by atoms with Gasteiger partial charge in [-0.1, -0.05) is 0 Å². The molecule has 64 valence electrons. The highest BCUT2D eigenvalue weighted by atomic mass is 32.1. The van der Waals surface area contributed by atoms with E-state index in [1.54, 1.807) is 0 Å². The minimum atomic E-state index is -0.507. The zero-order chi connectivity index (χ0) is 9.14. The van der Waals surface area contributed by atoms with Crippen LogP contribution in [0.2, 0.25) is 0 Å². The highest BCUT2D eigenvalue weighted by Gasteiger charge is 2.12. The molecule has 1 aromatic rings. The molecule has 0 saturated heterocycles. The van der Waals surface area contributed by atoms with Gasteiger partial charge in [0.25, 0.3) is 0 Å². The second-order valence-corrected chi connectivity index (χ2v) is 2.94. The summed E-state index contributed by atoms with van der Waals surface area (Å²) in [5.41, 5.74) is 0.306. The van der Waals surface area contributed by atoms with Crippen LogP contribution in [0.5, 0.6) is 0 Å². The van der Waals surface area contributed by atoms with Gasteiger partial charge in [0.2, 0.25) is 5.01 Å². The molecule has 0 aliphatic carbocycles. The maximum Gasteiger partial charge on any atom is 0.367 e. The van der Waals surface area contributed by atoms with E-state index in [2.05, 4.69) is 9.72 Å². The molecule has 4 nitrogen and oxygen atoms in total. The maximum absolute atomic E-state index is 10.9. The van der Waals surface area contributed by atoms with Crippen LogP contribution in [0.4, 0.5) is 0 Å². The highest BCUT2D eigenvalue weighted by molar-refractivity contribution is 7.11. The molecule has 0 unspecified atom stereocenters. The molecule has 0 fully saturated rings. The largest absolute Gasteiger partial charge is 0.464 e. The minimum Gasteiger partial charge on any atom is -0.464 e. The van der Waals surface area contributed by atoms with Gasteiger partial charge in [-0.2, -0.15) is 0 Å². The van der Waals surface area contributed by atoms with Crippen LogP contribution in [0, 0.1) is 0 Å². The van der Waals surface area contributed by atoms with Crippen LogP contribution in [-0.4, -0.2) is 23.8 Å². The van der Waals surface area contributed by atoms with Crippen LogP contribution in [0.3, 0.4) is 0 Å². The summed E-state index contributed by atoms with van der Waals surface area (Å²) in [6.45, 7) is 1.40. The Kier molecular flexibility index (Phi) is 2.54. The lowest BCUT2D eigenvalue weighted by Gasteiger charge is -1.90.